The maximum Gasteiger partial charge on any atom is 0.119 e. The van der Waals surface area contributed by atoms with Crippen LogP contribution < -0.4 is 9.47 Å². The van der Waals surface area contributed by atoms with Crippen LogP contribution >= 0.6 is 15.9 Å². The van der Waals surface area contributed by atoms with E-state index in [0.29, 0.717) is 13.2 Å². The van der Waals surface area contributed by atoms with Gasteiger partial charge in [-0.2, -0.15) is 0 Å². The molecule has 0 saturated heterocycles. The summed E-state index contributed by atoms with van der Waals surface area (Å²) in [5.74, 6) is 1.64. The monoisotopic (exact) mass is 325 g/mol. The van der Waals surface area contributed by atoms with E-state index in [0.717, 1.165) is 28.9 Å². The minimum absolute atomic E-state index is 0.559. The molecular formula is C13H16BrN3O2. The highest BCUT2D eigenvalue weighted by Crippen LogP contribution is 2.16. The zero-order chi connectivity index (χ0) is 13.5. The number of halogens is 1. The summed E-state index contributed by atoms with van der Waals surface area (Å²) in [5, 5.41) is 9.00. The van der Waals surface area contributed by atoms with Gasteiger partial charge in [0.2, 0.25) is 0 Å². The van der Waals surface area contributed by atoms with E-state index in [2.05, 4.69) is 26.2 Å². The fourth-order valence-corrected chi connectivity index (χ4v) is 1.99. The van der Waals surface area contributed by atoms with E-state index in [1.54, 1.807) is 11.8 Å². The lowest BCUT2D eigenvalue weighted by atomic mass is 10.3. The second kappa shape index (κ2) is 7.13. The largest absolute Gasteiger partial charge is 0.497 e. The van der Waals surface area contributed by atoms with Gasteiger partial charge in [-0.1, -0.05) is 21.1 Å². The van der Waals surface area contributed by atoms with Gasteiger partial charge < -0.3 is 9.47 Å². The predicted octanol–water partition coefficient (Wildman–Crippen LogP) is 2.30. The fourth-order valence-electron chi connectivity index (χ4n) is 1.59. The number of aromatic nitrogens is 3. The molecule has 1 heterocycles. The Morgan fingerprint density at radius 2 is 1.95 bits per heavy atom. The molecule has 5 nitrogen and oxygen atoms in total. The molecule has 6 heteroatoms. The van der Waals surface area contributed by atoms with Gasteiger partial charge in [-0.15, -0.1) is 5.10 Å². The molecule has 0 aliphatic carbocycles. The van der Waals surface area contributed by atoms with E-state index in [1.165, 1.54) is 0 Å². The fraction of sp³-hybridized carbons (Fsp3) is 0.385. The standard InChI is InChI=1S/C13H16BrN3O2/c1-18-12-2-4-13(5-3-12)19-9-8-17-10-11(6-7-14)15-16-17/h2-5,10H,6-9H2,1H3. The van der Waals surface area contributed by atoms with Crippen LogP contribution in [0.4, 0.5) is 0 Å². The molecule has 0 radical (unpaired) electrons. The van der Waals surface area contributed by atoms with E-state index >= 15 is 0 Å². The molecule has 0 unspecified atom stereocenters. The van der Waals surface area contributed by atoms with E-state index in [1.807, 2.05) is 30.5 Å². The number of ether oxygens (including phenoxy) is 2. The minimum Gasteiger partial charge on any atom is -0.497 e. The van der Waals surface area contributed by atoms with Crippen molar-refractivity contribution in [2.45, 2.75) is 13.0 Å². The third-order valence-electron chi connectivity index (χ3n) is 2.59. The number of hydrogen-bond acceptors (Lipinski definition) is 4. The van der Waals surface area contributed by atoms with Gasteiger partial charge in [0.15, 0.2) is 0 Å². The van der Waals surface area contributed by atoms with E-state index in [4.69, 9.17) is 9.47 Å². The molecule has 0 spiro atoms. The second-order valence-electron chi connectivity index (χ2n) is 3.94. The molecule has 1 aromatic heterocycles. The number of alkyl halides is 1. The van der Waals surface area contributed by atoms with Crippen LogP contribution in [-0.4, -0.2) is 34.0 Å². The number of nitrogens with zero attached hydrogens (tertiary/aromatic N) is 3. The minimum atomic E-state index is 0.559. The molecule has 0 atom stereocenters. The molecule has 2 rings (SSSR count). The summed E-state index contributed by atoms with van der Waals surface area (Å²) in [5.41, 5.74) is 0.987. The van der Waals surface area contributed by atoms with Crippen molar-refractivity contribution in [1.82, 2.24) is 15.0 Å². The molecule has 0 saturated carbocycles. The smallest absolute Gasteiger partial charge is 0.119 e. The van der Waals surface area contributed by atoms with Gasteiger partial charge in [0.1, 0.15) is 18.1 Å². The summed E-state index contributed by atoms with van der Waals surface area (Å²) < 4.78 is 12.5. The quantitative estimate of drug-likeness (QED) is 0.733. The Bertz CT molecular complexity index is 499. The summed E-state index contributed by atoms with van der Waals surface area (Å²) in [6.45, 7) is 1.24. The van der Waals surface area contributed by atoms with Crippen LogP contribution in [0.2, 0.25) is 0 Å². The molecule has 0 fully saturated rings. The molecule has 0 amide bonds. The van der Waals surface area contributed by atoms with Crippen molar-refractivity contribution < 1.29 is 9.47 Å². The average Bonchev–Trinajstić information content (AvgIpc) is 2.88. The molecule has 2 aromatic rings. The van der Waals surface area contributed by atoms with Crippen LogP contribution in [0.15, 0.2) is 30.5 Å². The number of rotatable bonds is 7. The molecule has 0 aliphatic rings. The third kappa shape index (κ3) is 4.24. The molecular weight excluding hydrogens is 310 g/mol. The first-order valence-electron chi connectivity index (χ1n) is 6.03. The van der Waals surface area contributed by atoms with Gasteiger partial charge in [-0.25, -0.2) is 4.68 Å². The highest BCUT2D eigenvalue weighted by molar-refractivity contribution is 9.09. The van der Waals surface area contributed by atoms with Crippen molar-refractivity contribution in [3.8, 4) is 11.5 Å². The molecule has 1 aromatic carbocycles. The van der Waals surface area contributed by atoms with E-state index < -0.39 is 0 Å². The lowest BCUT2D eigenvalue weighted by molar-refractivity contribution is 0.289. The van der Waals surface area contributed by atoms with Crippen molar-refractivity contribution in [1.29, 1.82) is 0 Å². The van der Waals surface area contributed by atoms with Gasteiger partial charge in [0.25, 0.3) is 0 Å². The molecule has 0 N–H and O–H groups in total. The normalized spacial score (nSPS) is 10.4. The van der Waals surface area contributed by atoms with Crippen molar-refractivity contribution >= 4 is 15.9 Å². The number of benzene rings is 1. The van der Waals surface area contributed by atoms with Crippen LogP contribution in [0.3, 0.4) is 0 Å². The molecule has 19 heavy (non-hydrogen) atoms. The van der Waals surface area contributed by atoms with Gasteiger partial charge in [0, 0.05) is 17.9 Å². The summed E-state index contributed by atoms with van der Waals surface area (Å²) in [6.07, 6.45) is 2.83. The maximum atomic E-state index is 5.63. The Labute approximate surface area is 120 Å². The lowest BCUT2D eigenvalue weighted by Crippen LogP contribution is -2.08. The Hall–Kier alpha value is -1.56. The van der Waals surface area contributed by atoms with E-state index in [9.17, 15) is 0 Å². The van der Waals surface area contributed by atoms with Crippen LogP contribution in [0.1, 0.15) is 5.69 Å². The Morgan fingerprint density at radius 3 is 2.63 bits per heavy atom. The van der Waals surface area contributed by atoms with Crippen LogP contribution in [0, 0.1) is 0 Å². The molecule has 0 aliphatic heterocycles. The predicted molar refractivity (Wildman–Crippen MR) is 76.0 cm³/mol. The second-order valence-corrected chi connectivity index (χ2v) is 4.73. The summed E-state index contributed by atoms with van der Waals surface area (Å²) in [7, 11) is 1.64. The summed E-state index contributed by atoms with van der Waals surface area (Å²) >= 11 is 3.38. The van der Waals surface area contributed by atoms with Gasteiger partial charge >= 0.3 is 0 Å². The zero-order valence-electron chi connectivity index (χ0n) is 10.8. The first-order chi connectivity index (χ1) is 9.31. The highest BCUT2D eigenvalue weighted by atomic mass is 79.9. The summed E-state index contributed by atoms with van der Waals surface area (Å²) in [4.78, 5) is 0. The Kier molecular flexibility index (Phi) is 5.20. The van der Waals surface area contributed by atoms with Crippen LogP contribution in [0.25, 0.3) is 0 Å². The number of aryl methyl sites for hydroxylation is 1. The third-order valence-corrected chi connectivity index (χ3v) is 2.98. The highest BCUT2D eigenvalue weighted by Gasteiger charge is 2.00. The Balaban J connectivity index is 1.78. The van der Waals surface area contributed by atoms with Gasteiger partial charge in [-0.3, -0.25) is 0 Å². The summed E-state index contributed by atoms with van der Waals surface area (Å²) in [6, 6.07) is 7.52. The van der Waals surface area contributed by atoms with E-state index in [-0.39, 0.29) is 0 Å². The van der Waals surface area contributed by atoms with Crippen LogP contribution in [0.5, 0.6) is 11.5 Å². The Morgan fingerprint density at radius 1 is 1.21 bits per heavy atom. The average molecular weight is 326 g/mol. The topological polar surface area (TPSA) is 49.2 Å². The first kappa shape index (κ1) is 13.9. The SMILES string of the molecule is COc1ccc(OCCn2cc(CCBr)nn2)cc1. The lowest BCUT2D eigenvalue weighted by Gasteiger charge is -2.06. The van der Waals surface area contributed by atoms with Crippen LogP contribution in [-0.2, 0) is 13.0 Å². The molecule has 0 bridgehead atoms. The number of methoxy groups -OCH3 is 1. The maximum absolute atomic E-state index is 5.63. The molecule has 102 valence electrons. The van der Waals surface area contributed by atoms with Gasteiger partial charge in [0.05, 0.1) is 19.3 Å². The van der Waals surface area contributed by atoms with Gasteiger partial charge in [-0.05, 0) is 24.3 Å². The van der Waals surface area contributed by atoms with Crippen molar-refractivity contribution in [3.05, 3.63) is 36.2 Å². The zero-order valence-corrected chi connectivity index (χ0v) is 12.3. The number of hydrogen-bond donors (Lipinski definition) is 0. The van der Waals surface area contributed by atoms with Crippen molar-refractivity contribution in [2.24, 2.45) is 0 Å². The van der Waals surface area contributed by atoms with Crippen molar-refractivity contribution in [3.63, 3.8) is 0 Å². The van der Waals surface area contributed by atoms with Crippen molar-refractivity contribution in [2.75, 3.05) is 19.0 Å². The first-order valence-corrected chi connectivity index (χ1v) is 7.16.